The fourth-order valence-corrected chi connectivity index (χ4v) is 2.37. The zero-order valence-corrected chi connectivity index (χ0v) is 10.7. The Morgan fingerprint density at radius 2 is 2.30 bits per heavy atom. The van der Waals surface area contributed by atoms with Gasteiger partial charge in [-0.25, -0.2) is 13.8 Å². The molecule has 2 heterocycles. The first-order valence-corrected chi connectivity index (χ1v) is 6.46. The van der Waals surface area contributed by atoms with Gasteiger partial charge < -0.3 is 14.5 Å². The standard InChI is InChI=1S/C14H14F2N2O2/c15-10-1-2-12(11(16)7-10)20-13(9-3-4-17-8-9)14-18-5-6-19-14/h1-2,5-7,9,13,17H,3-4,8H2/t9-,13+/m1/s1. The van der Waals surface area contributed by atoms with Gasteiger partial charge in [0.15, 0.2) is 17.7 Å². The van der Waals surface area contributed by atoms with Crippen molar-refractivity contribution in [2.75, 3.05) is 13.1 Å². The average Bonchev–Trinajstić information content (AvgIpc) is 3.11. The summed E-state index contributed by atoms with van der Waals surface area (Å²) in [4.78, 5) is 4.09. The van der Waals surface area contributed by atoms with Gasteiger partial charge in [0.1, 0.15) is 12.1 Å². The van der Waals surface area contributed by atoms with E-state index < -0.39 is 17.7 Å². The summed E-state index contributed by atoms with van der Waals surface area (Å²) >= 11 is 0. The van der Waals surface area contributed by atoms with E-state index in [1.54, 1.807) is 0 Å². The number of halogens is 2. The molecule has 1 aliphatic heterocycles. The summed E-state index contributed by atoms with van der Waals surface area (Å²) in [5, 5.41) is 3.22. The number of benzene rings is 1. The van der Waals surface area contributed by atoms with Crippen LogP contribution in [-0.4, -0.2) is 18.1 Å². The molecule has 0 bridgehead atoms. The fraction of sp³-hybridized carbons (Fsp3) is 0.357. The summed E-state index contributed by atoms with van der Waals surface area (Å²) in [6.45, 7) is 1.62. The monoisotopic (exact) mass is 280 g/mol. The molecule has 106 valence electrons. The van der Waals surface area contributed by atoms with Gasteiger partial charge in [-0.1, -0.05) is 0 Å². The maximum Gasteiger partial charge on any atom is 0.235 e. The highest BCUT2D eigenvalue weighted by Crippen LogP contribution is 2.32. The molecule has 2 atom stereocenters. The largest absolute Gasteiger partial charge is 0.477 e. The van der Waals surface area contributed by atoms with E-state index in [4.69, 9.17) is 9.15 Å². The summed E-state index contributed by atoms with van der Waals surface area (Å²) in [6, 6.07) is 3.25. The molecule has 1 aromatic carbocycles. The Labute approximate surface area is 114 Å². The van der Waals surface area contributed by atoms with Crippen LogP contribution in [0, 0.1) is 17.6 Å². The minimum Gasteiger partial charge on any atom is -0.477 e. The number of hydrogen-bond acceptors (Lipinski definition) is 4. The number of ether oxygens (including phenoxy) is 1. The number of hydrogen-bond donors (Lipinski definition) is 1. The minimum atomic E-state index is -0.729. The first-order chi connectivity index (χ1) is 9.74. The maximum absolute atomic E-state index is 13.7. The molecule has 2 aromatic rings. The first kappa shape index (κ1) is 13.1. The Morgan fingerprint density at radius 3 is 2.95 bits per heavy atom. The Hall–Kier alpha value is -1.95. The SMILES string of the molecule is Fc1ccc(O[C@H](c2ncco2)[C@@H]2CCNC2)c(F)c1. The average molecular weight is 280 g/mol. The zero-order chi connectivity index (χ0) is 13.9. The lowest BCUT2D eigenvalue weighted by atomic mass is 10.0. The number of nitrogens with one attached hydrogen (secondary N) is 1. The molecule has 1 fully saturated rings. The van der Waals surface area contributed by atoms with Crippen LogP contribution in [0.1, 0.15) is 18.4 Å². The molecule has 0 amide bonds. The van der Waals surface area contributed by atoms with Crippen molar-refractivity contribution in [2.24, 2.45) is 5.92 Å². The van der Waals surface area contributed by atoms with Crippen molar-refractivity contribution in [1.29, 1.82) is 0 Å². The second-order valence-corrected chi connectivity index (χ2v) is 4.74. The Bertz CT molecular complexity index is 569. The molecule has 3 rings (SSSR count). The lowest BCUT2D eigenvalue weighted by Gasteiger charge is -2.21. The van der Waals surface area contributed by atoms with Crippen LogP contribution in [0.5, 0.6) is 5.75 Å². The summed E-state index contributed by atoms with van der Waals surface area (Å²) in [5.74, 6) is -0.820. The van der Waals surface area contributed by atoms with Crippen LogP contribution >= 0.6 is 0 Å². The van der Waals surface area contributed by atoms with Gasteiger partial charge in [0.25, 0.3) is 0 Å². The number of nitrogens with zero attached hydrogens (tertiary/aromatic N) is 1. The zero-order valence-electron chi connectivity index (χ0n) is 10.7. The molecule has 0 aliphatic carbocycles. The second-order valence-electron chi connectivity index (χ2n) is 4.74. The van der Waals surface area contributed by atoms with Gasteiger partial charge in [0.05, 0.1) is 6.20 Å². The van der Waals surface area contributed by atoms with Crippen LogP contribution in [0.15, 0.2) is 35.1 Å². The van der Waals surface area contributed by atoms with Gasteiger partial charge in [-0.05, 0) is 25.1 Å². The van der Waals surface area contributed by atoms with Crippen molar-refractivity contribution in [3.8, 4) is 5.75 Å². The fourth-order valence-electron chi connectivity index (χ4n) is 2.37. The van der Waals surface area contributed by atoms with Gasteiger partial charge in [-0.3, -0.25) is 0 Å². The Kier molecular flexibility index (Phi) is 3.64. The van der Waals surface area contributed by atoms with Gasteiger partial charge in [0, 0.05) is 18.5 Å². The lowest BCUT2D eigenvalue weighted by molar-refractivity contribution is 0.109. The van der Waals surface area contributed by atoms with E-state index in [1.807, 2.05) is 0 Å². The highest BCUT2D eigenvalue weighted by atomic mass is 19.1. The van der Waals surface area contributed by atoms with E-state index in [9.17, 15) is 8.78 Å². The van der Waals surface area contributed by atoms with Gasteiger partial charge in [-0.15, -0.1) is 0 Å². The Balaban J connectivity index is 1.86. The molecule has 1 aliphatic rings. The molecule has 4 nitrogen and oxygen atoms in total. The van der Waals surface area contributed by atoms with Gasteiger partial charge in [0.2, 0.25) is 5.89 Å². The number of aromatic nitrogens is 1. The van der Waals surface area contributed by atoms with Crippen LogP contribution < -0.4 is 10.1 Å². The second kappa shape index (κ2) is 5.58. The molecule has 0 saturated carbocycles. The molecule has 20 heavy (non-hydrogen) atoms. The molecule has 1 aromatic heterocycles. The van der Waals surface area contributed by atoms with E-state index in [0.29, 0.717) is 5.89 Å². The van der Waals surface area contributed by atoms with Crippen molar-refractivity contribution >= 4 is 0 Å². The van der Waals surface area contributed by atoms with Crippen LogP contribution in [0.2, 0.25) is 0 Å². The summed E-state index contributed by atoms with van der Waals surface area (Å²) in [6.07, 6.45) is 3.38. The van der Waals surface area contributed by atoms with E-state index in [2.05, 4.69) is 10.3 Å². The van der Waals surface area contributed by atoms with Crippen molar-refractivity contribution in [3.05, 3.63) is 48.2 Å². The number of oxazole rings is 1. The summed E-state index contributed by atoms with van der Waals surface area (Å²) in [7, 11) is 0. The van der Waals surface area contributed by atoms with E-state index in [1.165, 1.54) is 18.5 Å². The normalized spacial score (nSPS) is 20.0. The molecule has 0 spiro atoms. The van der Waals surface area contributed by atoms with Crippen molar-refractivity contribution in [1.82, 2.24) is 10.3 Å². The Morgan fingerprint density at radius 1 is 1.40 bits per heavy atom. The predicted molar refractivity (Wildman–Crippen MR) is 67.2 cm³/mol. The molecule has 1 N–H and O–H groups in total. The van der Waals surface area contributed by atoms with Crippen LogP contribution in [0.3, 0.4) is 0 Å². The third-order valence-corrected chi connectivity index (χ3v) is 3.37. The summed E-state index contributed by atoms with van der Waals surface area (Å²) < 4.78 is 37.6. The minimum absolute atomic E-state index is 0.00139. The molecule has 6 heteroatoms. The first-order valence-electron chi connectivity index (χ1n) is 6.46. The third-order valence-electron chi connectivity index (χ3n) is 3.37. The highest BCUT2D eigenvalue weighted by Gasteiger charge is 2.31. The quantitative estimate of drug-likeness (QED) is 0.935. The van der Waals surface area contributed by atoms with Gasteiger partial charge >= 0.3 is 0 Å². The molecule has 0 radical (unpaired) electrons. The van der Waals surface area contributed by atoms with Crippen LogP contribution in [0.4, 0.5) is 8.78 Å². The van der Waals surface area contributed by atoms with Crippen molar-refractivity contribution in [2.45, 2.75) is 12.5 Å². The molecule has 0 unspecified atom stereocenters. The molecule has 1 saturated heterocycles. The van der Waals surface area contributed by atoms with Gasteiger partial charge in [-0.2, -0.15) is 0 Å². The summed E-state index contributed by atoms with van der Waals surface area (Å²) in [5.41, 5.74) is 0. The maximum atomic E-state index is 13.7. The van der Waals surface area contributed by atoms with Crippen molar-refractivity contribution in [3.63, 3.8) is 0 Å². The van der Waals surface area contributed by atoms with E-state index in [-0.39, 0.29) is 11.7 Å². The molecular weight excluding hydrogens is 266 g/mol. The molecular formula is C14H14F2N2O2. The van der Waals surface area contributed by atoms with E-state index in [0.717, 1.165) is 31.6 Å². The van der Waals surface area contributed by atoms with Crippen LogP contribution in [0.25, 0.3) is 0 Å². The smallest absolute Gasteiger partial charge is 0.235 e. The highest BCUT2D eigenvalue weighted by molar-refractivity contribution is 5.25. The lowest BCUT2D eigenvalue weighted by Crippen LogP contribution is -2.22. The van der Waals surface area contributed by atoms with Crippen molar-refractivity contribution < 1.29 is 17.9 Å². The van der Waals surface area contributed by atoms with Crippen LogP contribution in [-0.2, 0) is 0 Å². The third kappa shape index (κ3) is 2.65. The number of rotatable bonds is 4. The topological polar surface area (TPSA) is 47.3 Å². The predicted octanol–water partition coefficient (Wildman–Crippen LogP) is 2.68. The van der Waals surface area contributed by atoms with E-state index >= 15 is 0 Å².